The monoisotopic (exact) mass is 545 g/mol. The molecule has 0 radical (unpaired) electrons. The van der Waals surface area contributed by atoms with Gasteiger partial charge in [-0.1, -0.05) is 58.9 Å². The number of carbonyl (C=O) groups is 2. The molecule has 0 unspecified atom stereocenters. The molecule has 7 heteroatoms. The van der Waals surface area contributed by atoms with Gasteiger partial charge < -0.3 is 4.84 Å². The van der Waals surface area contributed by atoms with E-state index in [9.17, 15) is 9.59 Å². The molecular formula is C30H24ClNO3S2. The Kier molecular flexibility index (Phi) is 9.60. The first-order valence-corrected chi connectivity index (χ1v) is 13.7. The van der Waals surface area contributed by atoms with Crippen molar-refractivity contribution in [2.24, 2.45) is 5.16 Å². The smallest absolute Gasteiger partial charge is 0.210 e. The number of hydrogen-bond donors (Lipinski definition) is 0. The second-order valence-corrected chi connectivity index (χ2v) is 10.7. The minimum Gasteiger partial charge on any atom is -0.399 e. The third-order valence-electron chi connectivity index (χ3n) is 5.39. The van der Waals surface area contributed by atoms with Gasteiger partial charge in [-0.15, -0.1) is 11.8 Å². The van der Waals surface area contributed by atoms with Crippen molar-refractivity contribution < 1.29 is 14.4 Å². The normalized spacial score (nSPS) is 11.2. The van der Waals surface area contributed by atoms with Crippen molar-refractivity contribution in [1.29, 1.82) is 0 Å². The molecule has 186 valence electrons. The van der Waals surface area contributed by atoms with E-state index < -0.39 is 0 Å². The Hall–Kier alpha value is -3.32. The molecule has 0 saturated heterocycles. The molecule has 0 bridgehead atoms. The number of rotatable bonds is 11. The van der Waals surface area contributed by atoms with E-state index in [0.717, 1.165) is 14.7 Å². The third kappa shape index (κ3) is 7.59. The Balaban J connectivity index is 1.35. The summed E-state index contributed by atoms with van der Waals surface area (Å²) in [7, 11) is 1.44. The Morgan fingerprint density at radius 1 is 0.730 bits per heavy atom. The zero-order valence-corrected chi connectivity index (χ0v) is 22.5. The van der Waals surface area contributed by atoms with Gasteiger partial charge in [-0.2, -0.15) is 0 Å². The molecular weight excluding hydrogens is 522 g/mol. The fourth-order valence-corrected chi connectivity index (χ4v) is 5.32. The van der Waals surface area contributed by atoms with Gasteiger partial charge in [0, 0.05) is 48.6 Å². The number of hydrogen-bond acceptors (Lipinski definition) is 6. The summed E-state index contributed by atoms with van der Waals surface area (Å²) in [5.74, 6) is 0.533. The van der Waals surface area contributed by atoms with E-state index >= 15 is 0 Å². The number of oxime groups is 1. The molecule has 0 atom stereocenters. The summed E-state index contributed by atoms with van der Waals surface area (Å²) < 4.78 is 0. The van der Waals surface area contributed by atoms with Gasteiger partial charge in [0.1, 0.15) is 12.8 Å². The second-order valence-electron chi connectivity index (χ2n) is 7.95. The molecule has 0 heterocycles. The molecule has 4 rings (SSSR count). The molecule has 4 nitrogen and oxygen atoms in total. The van der Waals surface area contributed by atoms with Crippen LogP contribution in [0.3, 0.4) is 0 Å². The summed E-state index contributed by atoms with van der Waals surface area (Å²) in [5, 5.41) is 4.67. The summed E-state index contributed by atoms with van der Waals surface area (Å²) in [6, 6.07) is 31.8. The Morgan fingerprint density at radius 3 is 1.86 bits per heavy atom. The molecule has 0 amide bonds. The van der Waals surface area contributed by atoms with E-state index in [1.807, 2.05) is 91.0 Å². The first kappa shape index (κ1) is 26.7. The third-order valence-corrected chi connectivity index (χ3v) is 7.67. The van der Waals surface area contributed by atoms with E-state index in [0.29, 0.717) is 39.6 Å². The Morgan fingerprint density at radius 2 is 1.27 bits per heavy atom. The lowest BCUT2D eigenvalue weighted by Crippen LogP contribution is -2.15. The fraction of sp³-hybridized carbons (Fsp3) is 0.100. The van der Waals surface area contributed by atoms with Gasteiger partial charge in [0.15, 0.2) is 5.78 Å². The van der Waals surface area contributed by atoms with Gasteiger partial charge in [0.25, 0.3) is 0 Å². The van der Waals surface area contributed by atoms with Crippen LogP contribution in [0.1, 0.15) is 32.7 Å². The van der Waals surface area contributed by atoms with Crippen molar-refractivity contribution in [2.75, 3.05) is 12.9 Å². The van der Waals surface area contributed by atoms with Crippen molar-refractivity contribution in [3.8, 4) is 0 Å². The Labute approximate surface area is 230 Å². The first-order valence-electron chi connectivity index (χ1n) is 11.5. The summed E-state index contributed by atoms with van der Waals surface area (Å²) in [5.41, 5.74) is 2.25. The largest absolute Gasteiger partial charge is 0.399 e. The summed E-state index contributed by atoms with van der Waals surface area (Å²) in [4.78, 5) is 33.6. The van der Waals surface area contributed by atoms with Gasteiger partial charge in [-0.25, -0.2) is 0 Å². The average molecular weight is 546 g/mol. The first-order chi connectivity index (χ1) is 18.0. The highest BCUT2D eigenvalue weighted by Crippen LogP contribution is 2.29. The van der Waals surface area contributed by atoms with Crippen LogP contribution in [0.25, 0.3) is 0 Å². The van der Waals surface area contributed by atoms with Crippen LogP contribution < -0.4 is 0 Å². The van der Waals surface area contributed by atoms with Gasteiger partial charge in [-0.3, -0.25) is 9.59 Å². The van der Waals surface area contributed by atoms with Crippen LogP contribution in [-0.2, 0) is 4.84 Å². The number of nitrogens with zero attached hydrogens (tertiary/aromatic N) is 1. The number of halogens is 1. The molecule has 0 aliphatic rings. The number of Topliss-reactive ketones (excluding diaryl/α,β-unsaturated/α-hetero) is 1. The second kappa shape index (κ2) is 13.3. The van der Waals surface area contributed by atoms with Crippen molar-refractivity contribution in [1.82, 2.24) is 0 Å². The number of thioether (sulfide) groups is 1. The van der Waals surface area contributed by atoms with Gasteiger partial charge in [0.05, 0.1) is 0 Å². The molecule has 0 spiro atoms. The van der Waals surface area contributed by atoms with E-state index in [2.05, 4.69) is 5.16 Å². The van der Waals surface area contributed by atoms with Crippen LogP contribution >= 0.6 is 35.1 Å². The van der Waals surface area contributed by atoms with E-state index in [-0.39, 0.29) is 11.6 Å². The Bertz CT molecular complexity index is 1370. The lowest BCUT2D eigenvalue weighted by atomic mass is 10.0. The maximum absolute atomic E-state index is 13.0. The zero-order chi connectivity index (χ0) is 26.0. The summed E-state index contributed by atoms with van der Waals surface area (Å²) >= 11 is 9.13. The van der Waals surface area contributed by atoms with Gasteiger partial charge in [0.2, 0.25) is 5.78 Å². The number of benzene rings is 4. The maximum atomic E-state index is 13.0. The highest BCUT2D eigenvalue weighted by atomic mass is 35.5. The number of ketones is 2. The predicted octanol–water partition coefficient (Wildman–Crippen LogP) is 8.09. The molecule has 4 aromatic rings. The molecule has 0 N–H and O–H groups in total. The summed E-state index contributed by atoms with van der Waals surface area (Å²) in [6.07, 6.45) is 0.477. The molecule has 0 saturated carbocycles. The fourth-order valence-electron chi connectivity index (χ4n) is 3.51. The van der Waals surface area contributed by atoms with Crippen LogP contribution in [-0.4, -0.2) is 30.1 Å². The van der Waals surface area contributed by atoms with Gasteiger partial charge >= 0.3 is 0 Å². The molecule has 0 aromatic heterocycles. The van der Waals surface area contributed by atoms with Crippen LogP contribution in [0, 0.1) is 0 Å². The SMILES string of the molecule is CON=C(CCSc1ccc(Cl)cc1)C(=O)c1ccc(Sc2ccc(C(=O)c3ccccc3)cc2)cc1. The van der Waals surface area contributed by atoms with Crippen molar-refractivity contribution in [2.45, 2.75) is 21.1 Å². The van der Waals surface area contributed by atoms with E-state index in [1.165, 1.54) is 7.11 Å². The minimum absolute atomic E-state index is 0.000100. The van der Waals surface area contributed by atoms with Crippen LogP contribution in [0.5, 0.6) is 0 Å². The van der Waals surface area contributed by atoms with Crippen molar-refractivity contribution in [3.05, 3.63) is 125 Å². The molecule has 37 heavy (non-hydrogen) atoms. The lowest BCUT2D eigenvalue weighted by molar-refractivity contribution is 0.103. The van der Waals surface area contributed by atoms with Crippen LogP contribution in [0.2, 0.25) is 5.02 Å². The predicted molar refractivity (Wildman–Crippen MR) is 152 cm³/mol. The molecule has 0 fully saturated rings. The van der Waals surface area contributed by atoms with Crippen molar-refractivity contribution >= 4 is 52.4 Å². The zero-order valence-electron chi connectivity index (χ0n) is 20.1. The molecule has 4 aromatic carbocycles. The van der Waals surface area contributed by atoms with Gasteiger partial charge in [-0.05, 0) is 72.8 Å². The molecule has 0 aliphatic carbocycles. The lowest BCUT2D eigenvalue weighted by Gasteiger charge is -2.07. The van der Waals surface area contributed by atoms with E-state index in [1.54, 1.807) is 35.7 Å². The summed E-state index contributed by atoms with van der Waals surface area (Å²) in [6.45, 7) is 0. The average Bonchev–Trinajstić information content (AvgIpc) is 2.94. The minimum atomic E-state index is -0.154. The van der Waals surface area contributed by atoms with Crippen LogP contribution in [0.15, 0.2) is 123 Å². The highest BCUT2D eigenvalue weighted by Gasteiger charge is 2.16. The quantitative estimate of drug-likeness (QED) is 0.0824. The van der Waals surface area contributed by atoms with E-state index in [4.69, 9.17) is 16.4 Å². The van der Waals surface area contributed by atoms with Crippen LogP contribution in [0.4, 0.5) is 0 Å². The topological polar surface area (TPSA) is 55.7 Å². The number of carbonyl (C=O) groups excluding carboxylic acids is 2. The maximum Gasteiger partial charge on any atom is 0.210 e. The molecule has 0 aliphatic heterocycles. The standard InChI is InChI=1S/C30H24ClNO3S2/c1-35-32-28(19-20-36-25-17-11-24(31)12-18-25)30(34)23-9-15-27(16-10-23)37-26-13-7-22(8-14-26)29(33)21-5-3-2-4-6-21/h2-18H,19-20H2,1H3. The van der Waals surface area contributed by atoms with Crippen molar-refractivity contribution in [3.63, 3.8) is 0 Å². The highest BCUT2D eigenvalue weighted by molar-refractivity contribution is 7.99.